The van der Waals surface area contributed by atoms with E-state index in [1.807, 2.05) is 29.2 Å². The first-order chi connectivity index (χ1) is 8.74. The lowest BCUT2D eigenvalue weighted by Gasteiger charge is -2.23. The van der Waals surface area contributed by atoms with Crippen molar-refractivity contribution in [1.82, 2.24) is 4.90 Å². The predicted octanol–water partition coefficient (Wildman–Crippen LogP) is 2.64. The Morgan fingerprint density at radius 2 is 2.33 bits per heavy atom. The highest BCUT2D eigenvalue weighted by Crippen LogP contribution is 2.21. The molecule has 3 heteroatoms. The van der Waals surface area contributed by atoms with Gasteiger partial charge in [0.1, 0.15) is 5.75 Å². The molecular weight excluding hydrogens is 226 g/mol. The lowest BCUT2D eigenvalue weighted by molar-refractivity contribution is -0.131. The molecule has 1 aliphatic heterocycles. The molecular formula is C15H21NO2. The average Bonchev–Trinajstić information content (AvgIpc) is 2.87. The summed E-state index contributed by atoms with van der Waals surface area (Å²) in [5.74, 6) is 1.06. The second kappa shape index (κ2) is 5.89. The van der Waals surface area contributed by atoms with Crippen LogP contribution >= 0.6 is 0 Å². The zero-order valence-electron chi connectivity index (χ0n) is 11.2. The second-order valence-electron chi connectivity index (χ2n) is 4.82. The van der Waals surface area contributed by atoms with Gasteiger partial charge in [0.05, 0.1) is 13.5 Å². The van der Waals surface area contributed by atoms with Crippen molar-refractivity contribution in [3.8, 4) is 5.75 Å². The number of nitrogens with zero attached hydrogens (tertiary/aromatic N) is 1. The Hall–Kier alpha value is -1.51. The average molecular weight is 247 g/mol. The van der Waals surface area contributed by atoms with Gasteiger partial charge in [-0.25, -0.2) is 0 Å². The van der Waals surface area contributed by atoms with Crippen molar-refractivity contribution in [1.29, 1.82) is 0 Å². The Morgan fingerprint density at radius 1 is 1.50 bits per heavy atom. The maximum absolute atomic E-state index is 12.3. The minimum absolute atomic E-state index is 0.243. The molecule has 0 saturated carbocycles. The molecule has 1 aromatic rings. The summed E-state index contributed by atoms with van der Waals surface area (Å²) in [5, 5.41) is 0. The second-order valence-corrected chi connectivity index (χ2v) is 4.82. The van der Waals surface area contributed by atoms with E-state index in [9.17, 15) is 4.79 Å². The van der Waals surface area contributed by atoms with E-state index < -0.39 is 0 Å². The maximum Gasteiger partial charge on any atom is 0.227 e. The molecule has 98 valence electrons. The number of methoxy groups -OCH3 is 1. The normalized spacial score (nSPS) is 19.0. The number of carbonyl (C=O) groups excluding carboxylic acids is 1. The van der Waals surface area contributed by atoms with Crippen LogP contribution in [0.2, 0.25) is 0 Å². The highest BCUT2D eigenvalue weighted by molar-refractivity contribution is 5.79. The summed E-state index contributed by atoms with van der Waals surface area (Å²) in [6.07, 6.45) is 3.83. The highest BCUT2D eigenvalue weighted by atomic mass is 16.5. The number of ether oxygens (including phenoxy) is 1. The number of rotatable bonds is 4. The molecule has 0 bridgehead atoms. The highest BCUT2D eigenvalue weighted by Gasteiger charge is 2.26. The number of hydrogen-bond acceptors (Lipinski definition) is 2. The van der Waals surface area contributed by atoms with Gasteiger partial charge in [-0.05, 0) is 37.0 Å². The molecule has 0 N–H and O–H groups in total. The largest absolute Gasteiger partial charge is 0.497 e. The molecule has 1 unspecified atom stereocenters. The summed E-state index contributed by atoms with van der Waals surface area (Å²) in [7, 11) is 1.65. The van der Waals surface area contributed by atoms with E-state index in [-0.39, 0.29) is 5.91 Å². The Bertz CT molecular complexity index is 417. The van der Waals surface area contributed by atoms with Crippen molar-refractivity contribution in [3.05, 3.63) is 29.8 Å². The molecule has 3 nitrogen and oxygen atoms in total. The summed E-state index contributed by atoms with van der Waals surface area (Å²) < 4.78 is 5.18. The number of amides is 1. The molecule has 2 rings (SSSR count). The van der Waals surface area contributed by atoms with Crippen molar-refractivity contribution < 1.29 is 9.53 Å². The summed E-state index contributed by atoms with van der Waals surface area (Å²) in [4.78, 5) is 14.3. The van der Waals surface area contributed by atoms with Gasteiger partial charge in [-0.15, -0.1) is 0 Å². The van der Waals surface area contributed by atoms with Gasteiger partial charge in [-0.1, -0.05) is 19.1 Å². The third kappa shape index (κ3) is 2.84. The topological polar surface area (TPSA) is 29.5 Å². The maximum atomic E-state index is 12.3. The van der Waals surface area contributed by atoms with E-state index >= 15 is 0 Å². The Kier molecular flexibility index (Phi) is 4.24. The number of carbonyl (C=O) groups is 1. The van der Waals surface area contributed by atoms with Crippen molar-refractivity contribution in [2.45, 2.75) is 38.6 Å². The standard InChI is InChI=1S/C15H21NO2/c1-3-13-7-5-9-16(13)15(17)11-12-6-4-8-14(10-12)18-2/h4,6,8,10,13H,3,5,7,9,11H2,1-2H3. The quantitative estimate of drug-likeness (QED) is 0.818. The van der Waals surface area contributed by atoms with Gasteiger partial charge in [0.2, 0.25) is 5.91 Å². The molecule has 1 saturated heterocycles. The van der Waals surface area contributed by atoms with Crippen molar-refractivity contribution in [3.63, 3.8) is 0 Å². The first kappa shape index (κ1) is 12.9. The van der Waals surface area contributed by atoms with Crippen LogP contribution in [0.5, 0.6) is 5.75 Å². The first-order valence-corrected chi connectivity index (χ1v) is 6.67. The SMILES string of the molecule is CCC1CCCN1C(=O)Cc1cccc(OC)c1. The predicted molar refractivity (Wildman–Crippen MR) is 71.7 cm³/mol. The molecule has 1 amide bonds. The molecule has 0 spiro atoms. The van der Waals surface area contributed by atoms with Crippen molar-refractivity contribution in [2.75, 3.05) is 13.7 Å². The summed E-state index contributed by atoms with van der Waals surface area (Å²) in [5.41, 5.74) is 1.03. The number of hydrogen-bond donors (Lipinski definition) is 0. The van der Waals surface area contributed by atoms with E-state index in [0.29, 0.717) is 12.5 Å². The van der Waals surface area contributed by atoms with E-state index in [0.717, 1.165) is 37.1 Å². The van der Waals surface area contributed by atoms with Crippen LogP contribution in [0, 0.1) is 0 Å². The van der Waals surface area contributed by atoms with Gasteiger partial charge < -0.3 is 9.64 Å². The molecule has 1 aliphatic rings. The molecule has 1 atom stereocenters. The Balaban J connectivity index is 2.02. The molecule has 1 heterocycles. The molecule has 0 radical (unpaired) electrons. The summed E-state index contributed by atoms with van der Waals surface area (Å²) >= 11 is 0. The van der Waals surface area contributed by atoms with Crippen LogP contribution in [0.15, 0.2) is 24.3 Å². The van der Waals surface area contributed by atoms with Crippen LogP contribution in [-0.4, -0.2) is 30.5 Å². The van der Waals surface area contributed by atoms with Gasteiger partial charge >= 0.3 is 0 Å². The number of likely N-dealkylation sites (tertiary alicyclic amines) is 1. The number of benzene rings is 1. The Labute approximate surface area is 109 Å². The Morgan fingerprint density at radius 3 is 3.06 bits per heavy atom. The van der Waals surface area contributed by atoms with Crippen LogP contribution < -0.4 is 4.74 Å². The lowest BCUT2D eigenvalue weighted by Crippen LogP contribution is -2.36. The fourth-order valence-electron chi connectivity index (χ4n) is 2.65. The summed E-state index contributed by atoms with van der Waals surface area (Å²) in [6, 6.07) is 8.21. The summed E-state index contributed by atoms with van der Waals surface area (Å²) in [6.45, 7) is 3.07. The molecule has 0 aliphatic carbocycles. The van der Waals surface area contributed by atoms with Crippen LogP contribution in [0.1, 0.15) is 31.7 Å². The smallest absolute Gasteiger partial charge is 0.227 e. The van der Waals surface area contributed by atoms with Gasteiger partial charge in [0, 0.05) is 12.6 Å². The van der Waals surface area contributed by atoms with E-state index in [4.69, 9.17) is 4.74 Å². The van der Waals surface area contributed by atoms with Crippen LogP contribution in [-0.2, 0) is 11.2 Å². The molecule has 1 aromatic carbocycles. The zero-order valence-corrected chi connectivity index (χ0v) is 11.2. The van der Waals surface area contributed by atoms with Gasteiger partial charge in [0.15, 0.2) is 0 Å². The van der Waals surface area contributed by atoms with Crippen molar-refractivity contribution >= 4 is 5.91 Å². The monoisotopic (exact) mass is 247 g/mol. The molecule has 0 aromatic heterocycles. The third-order valence-electron chi connectivity index (χ3n) is 3.66. The van der Waals surface area contributed by atoms with E-state index in [1.165, 1.54) is 0 Å². The first-order valence-electron chi connectivity index (χ1n) is 6.67. The minimum Gasteiger partial charge on any atom is -0.497 e. The van der Waals surface area contributed by atoms with Crippen molar-refractivity contribution in [2.24, 2.45) is 0 Å². The zero-order chi connectivity index (χ0) is 13.0. The lowest BCUT2D eigenvalue weighted by atomic mass is 10.1. The van der Waals surface area contributed by atoms with Crippen LogP contribution in [0.3, 0.4) is 0 Å². The molecule has 1 fully saturated rings. The minimum atomic E-state index is 0.243. The molecule has 18 heavy (non-hydrogen) atoms. The fraction of sp³-hybridized carbons (Fsp3) is 0.533. The van der Waals surface area contributed by atoms with Gasteiger partial charge in [-0.2, -0.15) is 0 Å². The third-order valence-corrected chi connectivity index (χ3v) is 3.66. The fourth-order valence-corrected chi connectivity index (χ4v) is 2.65. The van der Waals surface area contributed by atoms with Crippen LogP contribution in [0.25, 0.3) is 0 Å². The van der Waals surface area contributed by atoms with Crippen LogP contribution in [0.4, 0.5) is 0 Å². The van der Waals surface area contributed by atoms with E-state index in [2.05, 4.69) is 6.92 Å². The van der Waals surface area contributed by atoms with Gasteiger partial charge in [0.25, 0.3) is 0 Å². The van der Waals surface area contributed by atoms with E-state index in [1.54, 1.807) is 7.11 Å². The van der Waals surface area contributed by atoms with Gasteiger partial charge in [-0.3, -0.25) is 4.79 Å².